The highest BCUT2D eigenvalue weighted by Gasteiger charge is 2.37. The summed E-state index contributed by atoms with van der Waals surface area (Å²) in [4.78, 5) is 0.151. The van der Waals surface area contributed by atoms with Crippen LogP contribution in [0.25, 0.3) is 11.1 Å². The predicted molar refractivity (Wildman–Crippen MR) is 99.5 cm³/mol. The lowest BCUT2D eigenvalue weighted by molar-refractivity contribution is -0.179. The Labute approximate surface area is 158 Å². The summed E-state index contributed by atoms with van der Waals surface area (Å²) in [6, 6.07) is 13.7. The third-order valence-corrected chi connectivity index (χ3v) is 6.13. The minimum atomic E-state index is -3.56. The van der Waals surface area contributed by atoms with Gasteiger partial charge in [-0.3, -0.25) is 0 Å². The van der Waals surface area contributed by atoms with Crippen LogP contribution < -0.4 is 4.72 Å². The summed E-state index contributed by atoms with van der Waals surface area (Å²) in [6.45, 7) is -0.246. The highest BCUT2D eigenvalue weighted by atomic mass is 32.2. The molecule has 0 radical (unpaired) electrons. The van der Waals surface area contributed by atoms with Crippen LogP contribution in [0.5, 0.6) is 0 Å². The molecule has 27 heavy (non-hydrogen) atoms. The fourth-order valence-electron chi connectivity index (χ4n) is 3.20. The SMILES string of the molecule is CNS(=O)(=O)c1cccc(-c2cccc(C3OC(CO)CC(O)C3O)c2)c1. The minimum Gasteiger partial charge on any atom is -0.394 e. The fraction of sp³-hybridized carbons (Fsp3) is 0.368. The Morgan fingerprint density at radius 1 is 1.11 bits per heavy atom. The van der Waals surface area contributed by atoms with Crippen molar-refractivity contribution in [3.05, 3.63) is 54.1 Å². The standard InChI is InChI=1S/C19H23NO6S/c1-20-27(24,25)16-7-3-5-13(9-16)12-4-2-6-14(8-12)19-18(23)17(22)10-15(11-21)26-19/h2-9,15,17-23H,10-11H2,1H3. The summed E-state index contributed by atoms with van der Waals surface area (Å²) in [5.74, 6) is 0. The fourth-order valence-corrected chi connectivity index (χ4v) is 3.98. The molecule has 8 heteroatoms. The van der Waals surface area contributed by atoms with Gasteiger partial charge in [0.15, 0.2) is 0 Å². The van der Waals surface area contributed by atoms with E-state index in [4.69, 9.17) is 4.74 Å². The van der Waals surface area contributed by atoms with E-state index in [9.17, 15) is 23.7 Å². The molecule has 0 spiro atoms. The van der Waals surface area contributed by atoms with Gasteiger partial charge in [-0.05, 0) is 41.9 Å². The Bertz CT molecular complexity index is 901. The number of benzene rings is 2. The highest BCUT2D eigenvalue weighted by Crippen LogP contribution is 2.34. The molecular weight excluding hydrogens is 370 g/mol. The molecule has 0 bridgehead atoms. The summed E-state index contributed by atoms with van der Waals surface area (Å²) in [7, 11) is -2.21. The number of sulfonamides is 1. The lowest BCUT2D eigenvalue weighted by Gasteiger charge is -2.37. The topological polar surface area (TPSA) is 116 Å². The Morgan fingerprint density at radius 3 is 2.44 bits per heavy atom. The largest absolute Gasteiger partial charge is 0.394 e. The first-order chi connectivity index (χ1) is 12.9. The van der Waals surface area contributed by atoms with Gasteiger partial charge >= 0.3 is 0 Å². The molecule has 1 aliphatic heterocycles. The molecule has 2 aromatic rings. The third kappa shape index (κ3) is 4.21. The van der Waals surface area contributed by atoms with E-state index in [-0.39, 0.29) is 17.9 Å². The molecule has 3 rings (SSSR count). The van der Waals surface area contributed by atoms with E-state index < -0.39 is 34.4 Å². The summed E-state index contributed by atoms with van der Waals surface area (Å²) < 4.78 is 32.1. The summed E-state index contributed by atoms with van der Waals surface area (Å²) in [5, 5.41) is 29.7. The molecule has 4 atom stereocenters. The van der Waals surface area contributed by atoms with Crippen molar-refractivity contribution in [3.8, 4) is 11.1 Å². The maximum absolute atomic E-state index is 12.0. The zero-order chi connectivity index (χ0) is 19.6. The van der Waals surface area contributed by atoms with Crippen molar-refractivity contribution in [3.63, 3.8) is 0 Å². The monoisotopic (exact) mass is 393 g/mol. The van der Waals surface area contributed by atoms with E-state index in [1.54, 1.807) is 36.4 Å². The van der Waals surface area contributed by atoms with Gasteiger partial charge in [0, 0.05) is 6.42 Å². The van der Waals surface area contributed by atoms with Crippen molar-refractivity contribution in [2.45, 2.75) is 35.7 Å². The number of hydrogen-bond donors (Lipinski definition) is 4. The third-order valence-electron chi connectivity index (χ3n) is 4.71. The molecule has 0 aliphatic carbocycles. The van der Waals surface area contributed by atoms with Gasteiger partial charge in [-0.15, -0.1) is 0 Å². The van der Waals surface area contributed by atoms with Crippen molar-refractivity contribution >= 4 is 10.0 Å². The summed E-state index contributed by atoms with van der Waals surface area (Å²) in [6.07, 6.45) is -3.28. The molecule has 4 N–H and O–H groups in total. The first kappa shape index (κ1) is 19.9. The number of rotatable bonds is 5. The van der Waals surface area contributed by atoms with E-state index in [0.29, 0.717) is 11.1 Å². The molecule has 7 nitrogen and oxygen atoms in total. The molecule has 0 amide bonds. The number of ether oxygens (including phenoxy) is 1. The maximum atomic E-state index is 12.0. The van der Waals surface area contributed by atoms with Crippen molar-refractivity contribution in [1.29, 1.82) is 0 Å². The Balaban J connectivity index is 1.96. The normalized spacial score (nSPS) is 26.1. The van der Waals surface area contributed by atoms with Gasteiger partial charge < -0.3 is 20.1 Å². The van der Waals surface area contributed by atoms with Crippen molar-refractivity contribution in [1.82, 2.24) is 4.72 Å². The number of aliphatic hydroxyl groups is 3. The van der Waals surface area contributed by atoms with Crippen LogP contribution in [-0.2, 0) is 14.8 Å². The van der Waals surface area contributed by atoms with Gasteiger partial charge in [0.2, 0.25) is 10.0 Å². The van der Waals surface area contributed by atoms with Crippen LogP contribution in [0.3, 0.4) is 0 Å². The van der Waals surface area contributed by atoms with E-state index in [2.05, 4.69) is 4.72 Å². The van der Waals surface area contributed by atoms with Crippen molar-refractivity contribution < 1.29 is 28.5 Å². The number of aliphatic hydroxyl groups excluding tert-OH is 3. The van der Waals surface area contributed by atoms with Crippen LogP contribution in [0, 0.1) is 0 Å². The van der Waals surface area contributed by atoms with E-state index in [1.165, 1.54) is 13.1 Å². The highest BCUT2D eigenvalue weighted by molar-refractivity contribution is 7.89. The van der Waals surface area contributed by atoms with Crippen LogP contribution in [-0.4, -0.2) is 55.7 Å². The van der Waals surface area contributed by atoms with Crippen LogP contribution in [0.2, 0.25) is 0 Å². The molecule has 1 heterocycles. The van der Waals surface area contributed by atoms with Crippen LogP contribution >= 0.6 is 0 Å². The van der Waals surface area contributed by atoms with Crippen LogP contribution in [0.4, 0.5) is 0 Å². The smallest absolute Gasteiger partial charge is 0.240 e. The molecule has 1 saturated heterocycles. The molecule has 1 fully saturated rings. The first-order valence-corrected chi connectivity index (χ1v) is 10.1. The van der Waals surface area contributed by atoms with Gasteiger partial charge in [-0.2, -0.15) is 0 Å². The maximum Gasteiger partial charge on any atom is 0.240 e. The molecule has 2 aromatic carbocycles. The second kappa shape index (κ2) is 8.05. The van der Waals surface area contributed by atoms with Gasteiger partial charge in [-0.25, -0.2) is 13.1 Å². The molecule has 1 aliphatic rings. The average molecular weight is 393 g/mol. The molecule has 4 unspecified atom stereocenters. The van der Waals surface area contributed by atoms with Gasteiger partial charge in [0.1, 0.15) is 12.2 Å². The Morgan fingerprint density at radius 2 is 1.78 bits per heavy atom. The second-order valence-corrected chi connectivity index (χ2v) is 8.40. The second-order valence-electron chi connectivity index (χ2n) is 6.52. The van der Waals surface area contributed by atoms with Crippen molar-refractivity contribution in [2.75, 3.05) is 13.7 Å². The summed E-state index contributed by atoms with van der Waals surface area (Å²) in [5.41, 5.74) is 2.08. The van der Waals surface area contributed by atoms with Gasteiger partial charge in [0.25, 0.3) is 0 Å². The van der Waals surface area contributed by atoms with E-state index in [0.717, 1.165) is 5.56 Å². The predicted octanol–water partition coefficient (Wildman–Crippen LogP) is 0.806. The lowest BCUT2D eigenvalue weighted by atomic mass is 9.91. The van der Waals surface area contributed by atoms with Gasteiger partial charge in [0.05, 0.1) is 23.7 Å². The minimum absolute atomic E-state index is 0.151. The first-order valence-electron chi connectivity index (χ1n) is 8.62. The van der Waals surface area contributed by atoms with E-state index in [1.807, 2.05) is 6.07 Å². The Kier molecular flexibility index (Phi) is 5.95. The molecule has 0 saturated carbocycles. The van der Waals surface area contributed by atoms with Gasteiger partial charge in [-0.1, -0.05) is 30.3 Å². The molecular formula is C19H23NO6S. The van der Waals surface area contributed by atoms with Crippen molar-refractivity contribution in [2.24, 2.45) is 0 Å². The number of hydrogen-bond acceptors (Lipinski definition) is 6. The average Bonchev–Trinajstić information content (AvgIpc) is 2.70. The van der Waals surface area contributed by atoms with Crippen LogP contribution in [0.15, 0.2) is 53.4 Å². The molecule has 146 valence electrons. The number of nitrogens with one attached hydrogen (secondary N) is 1. The molecule has 0 aromatic heterocycles. The quantitative estimate of drug-likeness (QED) is 0.597. The van der Waals surface area contributed by atoms with Crippen LogP contribution in [0.1, 0.15) is 18.1 Å². The summed E-state index contributed by atoms with van der Waals surface area (Å²) >= 11 is 0. The zero-order valence-electron chi connectivity index (χ0n) is 14.8. The van der Waals surface area contributed by atoms with E-state index >= 15 is 0 Å². The zero-order valence-corrected chi connectivity index (χ0v) is 15.6. The lowest BCUT2D eigenvalue weighted by Crippen LogP contribution is -2.44. The Hall–Kier alpha value is -1.81.